The van der Waals surface area contributed by atoms with E-state index in [9.17, 15) is 0 Å². The molecule has 0 aliphatic carbocycles. The Morgan fingerprint density at radius 3 is 1.07 bits per heavy atom. The number of methoxy groups -OCH3 is 2. The predicted molar refractivity (Wildman–Crippen MR) is 185 cm³/mol. The van der Waals surface area contributed by atoms with Crippen molar-refractivity contribution < 1.29 is 9.47 Å². The zero-order valence-corrected chi connectivity index (χ0v) is 26.0. The lowest BCUT2D eigenvalue weighted by atomic mass is 9.86. The lowest BCUT2D eigenvalue weighted by Crippen LogP contribution is -2.06. The van der Waals surface area contributed by atoms with E-state index in [1.54, 1.807) is 14.2 Å². The molecule has 0 spiro atoms. The fraction of sp³-hybridized carbons (Fsp3) is 0.0526. The van der Waals surface area contributed by atoms with Crippen LogP contribution in [0.2, 0.25) is 0 Å². The van der Waals surface area contributed by atoms with Gasteiger partial charge in [0.05, 0.1) is 14.2 Å². The summed E-state index contributed by atoms with van der Waals surface area (Å²) < 4.78 is 12.1. The first-order chi connectivity index (χ1) is 20.6. The predicted octanol–water partition coefficient (Wildman–Crippen LogP) is 9.04. The molecule has 0 aliphatic heterocycles. The van der Waals surface area contributed by atoms with Gasteiger partial charge in [0.25, 0.3) is 0 Å². The van der Waals surface area contributed by atoms with E-state index in [1.165, 1.54) is 22.3 Å². The molecule has 0 radical (unpaired) electrons. The molecular formula is C38H32O2P2. The van der Waals surface area contributed by atoms with Crippen LogP contribution in [-0.2, 0) is 0 Å². The highest BCUT2D eigenvalue weighted by molar-refractivity contribution is 7.28. The van der Waals surface area contributed by atoms with Crippen molar-refractivity contribution >= 4 is 29.1 Å². The molecule has 0 aromatic heterocycles. The molecule has 0 saturated carbocycles. The Balaban J connectivity index is 1.63. The quantitative estimate of drug-likeness (QED) is 0.175. The van der Waals surface area contributed by atoms with Crippen LogP contribution in [0.15, 0.2) is 133 Å². The Hall–Kier alpha value is -4.22. The molecule has 42 heavy (non-hydrogen) atoms. The van der Waals surface area contributed by atoms with Gasteiger partial charge >= 0.3 is 0 Å². The van der Waals surface area contributed by atoms with Gasteiger partial charge in [-0.05, 0) is 67.2 Å². The molecule has 0 aliphatic rings. The largest absolute Gasteiger partial charge is 0.496 e. The maximum atomic E-state index is 6.06. The minimum Gasteiger partial charge on any atom is -0.496 e. The van der Waals surface area contributed by atoms with Gasteiger partial charge in [-0.15, -0.1) is 18.5 Å². The summed E-state index contributed by atoms with van der Waals surface area (Å²) in [6, 6.07) is 46.5. The summed E-state index contributed by atoms with van der Waals surface area (Å²) in [6.07, 6.45) is 0. The van der Waals surface area contributed by atoms with Crippen LogP contribution in [0.25, 0.3) is 55.6 Å². The molecule has 0 N–H and O–H groups in total. The molecule has 206 valence electrons. The summed E-state index contributed by atoms with van der Waals surface area (Å²) in [5.41, 5.74) is 11.1. The average molecular weight is 583 g/mol. The van der Waals surface area contributed by atoms with Crippen LogP contribution in [0.5, 0.6) is 11.5 Å². The molecule has 2 atom stereocenters. The van der Waals surface area contributed by atoms with Crippen molar-refractivity contribution in [3.63, 3.8) is 0 Å². The van der Waals surface area contributed by atoms with Crippen LogP contribution >= 0.6 is 18.5 Å². The lowest BCUT2D eigenvalue weighted by Gasteiger charge is -2.22. The molecule has 0 fully saturated rings. The standard InChI is InChI=1S/C38H32O2P2/c1-39-33-23-11-19-29(31-21-9-17-27(37(31)41)25-13-5-3-6-14-25)35(33)36-30(20-12-24-34(36)40-2)32-22-10-18-28(38(32)42)26-15-7-4-8-16-26/h3-24H,41-42H2,1-2H3. The van der Waals surface area contributed by atoms with Crippen molar-refractivity contribution in [2.45, 2.75) is 0 Å². The number of ether oxygens (including phenoxy) is 2. The SMILES string of the molecule is COc1cccc(-c2cccc(-c3ccccc3)c2P)c1-c1c(OC)cccc1-c1cccc(-c2ccccc2)c1P. The zero-order valence-electron chi connectivity index (χ0n) is 23.7. The van der Waals surface area contributed by atoms with Crippen molar-refractivity contribution in [2.75, 3.05) is 14.2 Å². The van der Waals surface area contributed by atoms with Crippen LogP contribution in [0.3, 0.4) is 0 Å². The molecule has 0 amide bonds. The van der Waals surface area contributed by atoms with Crippen LogP contribution in [0.4, 0.5) is 0 Å². The third-order valence-electron chi connectivity index (χ3n) is 7.70. The van der Waals surface area contributed by atoms with Gasteiger partial charge in [-0.25, -0.2) is 0 Å². The van der Waals surface area contributed by atoms with E-state index in [-0.39, 0.29) is 0 Å². The van der Waals surface area contributed by atoms with E-state index >= 15 is 0 Å². The Kier molecular flexibility index (Phi) is 8.20. The van der Waals surface area contributed by atoms with Gasteiger partial charge in [0.2, 0.25) is 0 Å². The molecule has 6 aromatic carbocycles. The number of rotatable bonds is 7. The maximum absolute atomic E-state index is 6.06. The second-order valence-electron chi connectivity index (χ2n) is 10.0. The summed E-state index contributed by atoms with van der Waals surface area (Å²) in [4.78, 5) is 0. The summed E-state index contributed by atoms with van der Waals surface area (Å²) >= 11 is 0. The molecule has 2 nitrogen and oxygen atoms in total. The van der Waals surface area contributed by atoms with Gasteiger partial charge in [-0.2, -0.15) is 0 Å². The molecule has 0 bridgehead atoms. The first-order valence-electron chi connectivity index (χ1n) is 13.8. The van der Waals surface area contributed by atoms with E-state index in [4.69, 9.17) is 9.47 Å². The van der Waals surface area contributed by atoms with Crippen molar-refractivity contribution in [3.8, 4) is 67.1 Å². The topological polar surface area (TPSA) is 18.5 Å². The number of benzene rings is 6. The first kappa shape index (κ1) is 27.9. The summed E-state index contributed by atoms with van der Waals surface area (Å²) in [5.74, 6) is 1.58. The Morgan fingerprint density at radius 1 is 0.357 bits per heavy atom. The monoisotopic (exact) mass is 582 g/mol. The van der Waals surface area contributed by atoms with Crippen molar-refractivity contribution in [1.82, 2.24) is 0 Å². The fourth-order valence-corrected chi connectivity index (χ4v) is 6.74. The van der Waals surface area contributed by atoms with Gasteiger partial charge < -0.3 is 9.47 Å². The van der Waals surface area contributed by atoms with Crippen molar-refractivity contribution in [1.29, 1.82) is 0 Å². The minimum absolute atomic E-state index is 0.789. The maximum Gasteiger partial charge on any atom is 0.127 e. The molecule has 0 saturated heterocycles. The third kappa shape index (κ3) is 5.14. The minimum atomic E-state index is 0.789. The van der Waals surface area contributed by atoms with Gasteiger partial charge in [-0.1, -0.05) is 121 Å². The van der Waals surface area contributed by atoms with Gasteiger partial charge in [0.15, 0.2) is 0 Å². The zero-order chi connectivity index (χ0) is 29.1. The molecule has 0 heterocycles. The van der Waals surface area contributed by atoms with Crippen LogP contribution in [0.1, 0.15) is 0 Å². The first-order valence-corrected chi connectivity index (χ1v) is 15.0. The molecule has 4 heteroatoms. The van der Waals surface area contributed by atoms with Crippen molar-refractivity contribution in [3.05, 3.63) is 133 Å². The normalized spacial score (nSPS) is 10.9. The van der Waals surface area contributed by atoms with E-state index in [0.717, 1.165) is 55.5 Å². The van der Waals surface area contributed by atoms with Crippen molar-refractivity contribution in [2.24, 2.45) is 0 Å². The van der Waals surface area contributed by atoms with Crippen LogP contribution in [0, 0.1) is 0 Å². The third-order valence-corrected chi connectivity index (χ3v) is 8.95. The van der Waals surface area contributed by atoms with Gasteiger partial charge in [0.1, 0.15) is 11.5 Å². The van der Waals surface area contributed by atoms with Crippen LogP contribution < -0.4 is 20.1 Å². The molecule has 6 aromatic rings. The summed E-state index contributed by atoms with van der Waals surface area (Å²) in [6.45, 7) is 0. The van der Waals surface area contributed by atoms with Gasteiger partial charge in [0, 0.05) is 11.1 Å². The smallest absolute Gasteiger partial charge is 0.127 e. The Bertz CT molecular complexity index is 1730. The van der Waals surface area contributed by atoms with Gasteiger partial charge in [-0.3, -0.25) is 0 Å². The van der Waals surface area contributed by atoms with E-state index < -0.39 is 0 Å². The van der Waals surface area contributed by atoms with Crippen LogP contribution in [-0.4, -0.2) is 14.2 Å². The fourth-order valence-electron chi connectivity index (χ4n) is 5.71. The van der Waals surface area contributed by atoms with E-state index in [2.05, 4.69) is 128 Å². The lowest BCUT2D eigenvalue weighted by molar-refractivity contribution is 0.410. The Morgan fingerprint density at radius 2 is 0.690 bits per heavy atom. The summed E-state index contributed by atoms with van der Waals surface area (Å²) in [7, 11) is 9.45. The Labute approximate surface area is 252 Å². The second kappa shape index (κ2) is 12.3. The highest BCUT2D eigenvalue weighted by atomic mass is 31.0. The summed E-state index contributed by atoms with van der Waals surface area (Å²) in [5, 5.41) is 2.26. The molecule has 2 unspecified atom stereocenters. The number of hydrogen-bond donors (Lipinski definition) is 0. The highest BCUT2D eigenvalue weighted by Crippen LogP contribution is 2.48. The highest BCUT2D eigenvalue weighted by Gasteiger charge is 2.23. The average Bonchev–Trinajstić information content (AvgIpc) is 3.05. The van der Waals surface area contributed by atoms with E-state index in [1.807, 2.05) is 24.3 Å². The van der Waals surface area contributed by atoms with E-state index in [0.29, 0.717) is 0 Å². The number of hydrogen-bond acceptors (Lipinski definition) is 2. The molecule has 6 rings (SSSR count). The second-order valence-corrected chi connectivity index (χ2v) is 11.2. The molecular weight excluding hydrogens is 550 g/mol.